The van der Waals surface area contributed by atoms with Crippen LogP contribution in [0.2, 0.25) is 0 Å². The zero-order chi connectivity index (χ0) is 16.8. The number of aromatic amines is 1. The second-order valence-electron chi connectivity index (χ2n) is 7.07. The Labute approximate surface area is 134 Å². The predicted molar refractivity (Wildman–Crippen MR) is 87.3 cm³/mol. The van der Waals surface area contributed by atoms with Crippen LogP contribution in [0.25, 0.3) is 10.9 Å². The van der Waals surface area contributed by atoms with Gasteiger partial charge in [-0.3, -0.25) is 4.79 Å². The van der Waals surface area contributed by atoms with Gasteiger partial charge in [-0.2, -0.15) is 4.98 Å². The highest BCUT2D eigenvalue weighted by Gasteiger charge is 2.45. The van der Waals surface area contributed by atoms with Crippen LogP contribution in [0.15, 0.2) is 29.1 Å². The lowest BCUT2D eigenvalue weighted by molar-refractivity contribution is -0.0971. The zero-order valence-electron chi connectivity index (χ0n) is 13.6. The van der Waals surface area contributed by atoms with Crippen molar-refractivity contribution in [1.29, 1.82) is 0 Å². The van der Waals surface area contributed by atoms with E-state index < -0.39 is 16.7 Å². The normalized spacial score (nSPS) is 23.9. The van der Waals surface area contributed by atoms with Crippen molar-refractivity contribution >= 4 is 16.8 Å². The van der Waals surface area contributed by atoms with Crippen molar-refractivity contribution in [3.63, 3.8) is 0 Å². The first-order chi connectivity index (χ1) is 10.7. The Bertz CT molecular complexity index is 823. The van der Waals surface area contributed by atoms with Gasteiger partial charge in [0, 0.05) is 23.9 Å². The number of hydrogen-bond donors (Lipinski definition) is 2. The minimum Gasteiger partial charge on any atom is -0.389 e. The van der Waals surface area contributed by atoms with Crippen molar-refractivity contribution in [1.82, 2.24) is 14.9 Å². The average molecular weight is 315 g/mol. The van der Waals surface area contributed by atoms with Crippen LogP contribution >= 0.6 is 0 Å². The van der Waals surface area contributed by atoms with Gasteiger partial charge >= 0.3 is 5.69 Å². The van der Waals surface area contributed by atoms with E-state index in [0.717, 1.165) is 0 Å². The Morgan fingerprint density at radius 1 is 1.30 bits per heavy atom. The number of rotatable bonds is 1. The molecule has 2 heterocycles. The van der Waals surface area contributed by atoms with Gasteiger partial charge in [0.2, 0.25) is 0 Å². The number of nitrogens with one attached hydrogen (secondary N) is 1. The molecule has 3 rings (SSSR count). The van der Waals surface area contributed by atoms with E-state index in [4.69, 9.17) is 0 Å². The topological polar surface area (TPSA) is 86.3 Å². The molecule has 0 unspecified atom stereocenters. The molecule has 1 aromatic carbocycles. The number of para-hydroxylation sites is 1. The van der Waals surface area contributed by atoms with Gasteiger partial charge in [-0.05, 0) is 19.4 Å². The largest absolute Gasteiger partial charge is 0.389 e. The Kier molecular flexibility index (Phi) is 3.52. The number of amides is 1. The molecule has 1 saturated heterocycles. The summed E-state index contributed by atoms with van der Waals surface area (Å²) in [5.74, 6) is -0.268. The second kappa shape index (κ2) is 5.16. The smallest absolute Gasteiger partial charge is 0.346 e. The van der Waals surface area contributed by atoms with E-state index in [1.165, 1.54) is 0 Å². The van der Waals surface area contributed by atoms with Gasteiger partial charge in [0.15, 0.2) is 0 Å². The van der Waals surface area contributed by atoms with E-state index in [-0.39, 0.29) is 11.6 Å². The molecule has 0 aliphatic carbocycles. The standard InChI is InChI=1S/C17H21N3O3/c1-16(2)10-20(9-8-17(16,3)23)14(21)13-11-6-4-5-7-12(11)18-15(22)19-13/h4-7,23H,8-10H2,1-3H3,(H,18,19,22)/t17-/m1/s1. The molecule has 6 heteroatoms. The maximum absolute atomic E-state index is 12.9. The lowest BCUT2D eigenvalue weighted by Gasteiger charge is -2.48. The number of benzene rings is 1. The van der Waals surface area contributed by atoms with Crippen molar-refractivity contribution in [3.05, 3.63) is 40.4 Å². The summed E-state index contributed by atoms with van der Waals surface area (Å²) in [6, 6.07) is 7.13. The van der Waals surface area contributed by atoms with Gasteiger partial charge in [0.05, 0.1) is 11.1 Å². The van der Waals surface area contributed by atoms with Crippen LogP contribution in [0.5, 0.6) is 0 Å². The molecule has 0 spiro atoms. The molecule has 1 aliphatic heterocycles. The van der Waals surface area contributed by atoms with Crippen molar-refractivity contribution in [2.45, 2.75) is 32.8 Å². The Hall–Kier alpha value is -2.21. The van der Waals surface area contributed by atoms with E-state index in [1.54, 1.807) is 30.0 Å². The summed E-state index contributed by atoms with van der Waals surface area (Å²) in [7, 11) is 0. The fourth-order valence-electron chi connectivity index (χ4n) is 3.01. The third kappa shape index (κ3) is 2.63. The quantitative estimate of drug-likeness (QED) is 0.836. The van der Waals surface area contributed by atoms with Crippen LogP contribution in [0.3, 0.4) is 0 Å². The van der Waals surface area contributed by atoms with E-state index in [9.17, 15) is 14.7 Å². The molecule has 122 valence electrons. The predicted octanol–water partition coefficient (Wildman–Crippen LogP) is 1.55. The number of aromatic nitrogens is 2. The van der Waals surface area contributed by atoms with Crippen LogP contribution < -0.4 is 5.69 Å². The number of nitrogens with zero attached hydrogens (tertiary/aromatic N) is 2. The molecule has 1 aromatic heterocycles. The number of likely N-dealkylation sites (tertiary alicyclic amines) is 1. The number of carbonyl (C=O) groups is 1. The maximum Gasteiger partial charge on any atom is 0.346 e. The molecule has 23 heavy (non-hydrogen) atoms. The molecular formula is C17H21N3O3. The molecule has 0 bridgehead atoms. The second-order valence-corrected chi connectivity index (χ2v) is 7.07. The monoisotopic (exact) mass is 315 g/mol. The molecule has 2 N–H and O–H groups in total. The Morgan fingerprint density at radius 3 is 2.70 bits per heavy atom. The minimum atomic E-state index is -0.826. The number of hydrogen-bond acceptors (Lipinski definition) is 4. The first-order valence-electron chi connectivity index (χ1n) is 7.72. The number of aliphatic hydroxyl groups is 1. The summed E-state index contributed by atoms with van der Waals surface area (Å²) in [5, 5.41) is 11.1. The minimum absolute atomic E-state index is 0.168. The van der Waals surface area contributed by atoms with Gasteiger partial charge < -0.3 is 15.0 Å². The van der Waals surface area contributed by atoms with Crippen LogP contribution in [0.1, 0.15) is 37.7 Å². The van der Waals surface area contributed by atoms with Crippen LogP contribution in [-0.4, -0.2) is 44.6 Å². The first kappa shape index (κ1) is 15.7. The number of carbonyl (C=O) groups excluding carboxylic acids is 1. The average Bonchev–Trinajstić information content (AvgIpc) is 2.48. The third-order valence-corrected chi connectivity index (χ3v) is 5.04. The molecule has 1 fully saturated rings. The number of piperidine rings is 1. The summed E-state index contributed by atoms with van der Waals surface area (Å²) in [6.07, 6.45) is 0.493. The van der Waals surface area contributed by atoms with E-state index in [1.807, 2.05) is 19.9 Å². The molecule has 1 atom stereocenters. The number of H-pyrrole nitrogens is 1. The third-order valence-electron chi connectivity index (χ3n) is 5.04. The summed E-state index contributed by atoms with van der Waals surface area (Å²) >= 11 is 0. The van der Waals surface area contributed by atoms with E-state index in [2.05, 4.69) is 9.97 Å². The molecule has 1 amide bonds. The lowest BCUT2D eigenvalue weighted by Crippen LogP contribution is -2.57. The summed E-state index contributed by atoms with van der Waals surface area (Å²) in [5.41, 5.74) is -1.03. The van der Waals surface area contributed by atoms with Gasteiger partial charge in [-0.25, -0.2) is 4.79 Å². The molecule has 0 saturated carbocycles. The molecule has 1 aliphatic rings. The Morgan fingerprint density at radius 2 is 2.00 bits per heavy atom. The highest BCUT2D eigenvalue weighted by molar-refractivity contribution is 6.04. The fourth-order valence-corrected chi connectivity index (χ4v) is 3.01. The highest BCUT2D eigenvalue weighted by Crippen LogP contribution is 2.38. The van der Waals surface area contributed by atoms with Gasteiger partial charge in [-0.1, -0.05) is 32.0 Å². The van der Waals surface area contributed by atoms with Gasteiger partial charge in [0.25, 0.3) is 5.91 Å². The SMILES string of the molecule is CC1(C)CN(C(=O)c2nc(=O)[nH]c3ccccc23)CC[C@@]1(C)O. The highest BCUT2D eigenvalue weighted by atomic mass is 16.3. The molecule has 6 nitrogen and oxygen atoms in total. The lowest BCUT2D eigenvalue weighted by atomic mass is 9.71. The van der Waals surface area contributed by atoms with Crippen molar-refractivity contribution in [3.8, 4) is 0 Å². The van der Waals surface area contributed by atoms with Crippen LogP contribution in [0, 0.1) is 5.41 Å². The maximum atomic E-state index is 12.9. The van der Waals surface area contributed by atoms with E-state index in [0.29, 0.717) is 30.4 Å². The van der Waals surface area contributed by atoms with Crippen molar-refractivity contribution in [2.24, 2.45) is 5.41 Å². The van der Waals surface area contributed by atoms with Crippen LogP contribution in [0.4, 0.5) is 0 Å². The van der Waals surface area contributed by atoms with Gasteiger partial charge in [-0.15, -0.1) is 0 Å². The fraction of sp³-hybridized carbons (Fsp3) is 0.471. The first-order valence-corrected chi connectivity index (χ1v) is 7.72. The van der Waals surface area contributed by atoms with Gasteiger partial charge in [0.1, 0.15) is 5.69 Å². The zero-order valence-corrected chi connectivity index (χ0v) is 13.6. The van der Waals surface area contributed by atoms with Crippen molar-refractivity contribution in [2.75, 3.05) is 13.1 Å². The Balaban J connectivity index is 2.00. The molecule has 0 radical (unpaired) electrons. The van der Waals surface area contributed by atoms with Crippen molar-refractivity contribution < 1.29 is 9.90 Å². The summed E-state index contributed by atoms with van der Waals surface area (Å²) < 4.78 is 0. The van der Waals surface area contributed by atoms with Crippen LogP contribution in [-0.2, 0) is 0 Å². The summed E-state index contributed by atoms with van der Waals surface area (Å²) in [4.78, 5) is 32.8. The number of fused-ring (bicyclic) bond motifs is 1. The molecular weight excluding hydrogens is 294 g/mol. The summed E-state index contributed by atoms with van der Waals surface area (Å²) in [6.45, 7) is 6.54. The molecule has 2 aromatic rings. The van der Waals surface area contributed by atoms with E-state index >= 15 is 0 Å².